The second kappa shape index (κ2) is 6.69. The van der Waals surface area contributed by atoms with Gasteiger partial charge in [-0.1, -0.05) is 24.3 Å². The van der Waals surface area contributed by atoms with Crippen molar-refractivity contribution < 1.29 is 9.90 Å². The number of benzene rings is 1. The zero-order valence-corrected chi connectivity index (χ0v) is 13.3. The molecule has 1 saturated heterocycles. The minimum atomic E-state index is -0.324. The van der Waals surface area contributed by atoms with Gasteiger partial charge in [-0.05, 0) is 49.7 Å². The topological polar surface area (TPSA) is 52.6 Å². The van der Waals surface area contributed by atoms with Gasteiger partial charge in [-0.25, -0.2) is 4.79 Å². The first kappa shape index (κ1) is 15.3. The first-order valence-corrected chi connectivity index (χ1v) is 8.41. The molecule has 0 spiro atoms. The maximum absolute atomic E-state index is 12.1. The second-order valence-corrected chi connectivity index (χ2v) is 6.80. The number of carbonyl (C=O) groups excluding carboxylic acids is 1. The van der Waals surface area contributed by atoms with Gasteiger partial charge in [0.15, 0.2) is 0 Å². The highest BCUT2D eigenvalue weighted by molar-refractivity contribution is 5.74. The summed E-state index contributed by atoms with van der Waals surface area (Å²) in [5, 5.41) is 12.6. The average molecular weight is 302 g/mol. The monoisotopic (exact) mass is 302 g/mol. The Morgan fingerprint density at radius 1 is 1.36 bits per heavy atom. The lowest BCUT2D eigenvalue weighted by molar-refractivity contribution is 0.129. The number of rotatable bonds is 4. The maximum Gasteiger partial charge on any atom is 0.317 e. The van der Waals surface area contributed by atoms with Crippen LogP contribution in [0.3, 0.4) is 0 Å². The first-order valence-electron chi connectivity index (χ1n) is 8.41. The third-order valence-corrected chi connectivity index (χ3v) is 5.16. The van der Waals surface area contributed by atoms with Crippen LogP contribution in [0.25, 0.3) is 0 Å². The summed E-state index contributed by atoms with van der Waals surface area (Å²) in [6.45, 7) is 3.99. The number of carbonyl (C=O) groups is 1. The number of aliphatic hydroxyl groups is 1. The lowest BCUT2D eigenvalue weighted by Crippen LogP contribution is -2.39. The van der Waals surface area contributed by atoms with Crippen molar-refractivity contribution in [2.24, 2.45) is 11.8 Å². The van der Waals surface area contributed by atoms with Crippen LogP contribution in [0, 0.1) is 11.8 Å². The van der Waals surface area contributed by atoms with Crippen LogP contribution in [-0.2, 0) is 12.8 Å². The first-order chi connectivity index (χ1) is 10.6. The van der Waals surface area contributed by atoms with Crippen LogP contribution in [0.4, 0.5) is 4.79 Å². The molecule has 4 heteroatoms. The Hall–Kier alpha value is -1.55. The summed E-state index contributed by atoms with van der Waals surface area (Å²) in [7, 11) is 0. The summed E-state index contributed by atoms with van der Waals surface area (Å²) < 4.78 is 0. The number of nitrogens with one attached hydrogen (secondary N) is 1. The number of hydrogen-bond donors (Lipinski definition) is 2. The van der Waals surface area contributed by atoms with E-state index in [1.165, 1.54) is 11.1 Å². The number of hydrogen-bond acceptors (Lipinski definition) is 2. The van der Waals surface area contributed by atoms with Gasteiger partial charge < -0.3 is 15.3 Å². The van der Waals surface area contributed by atoms with Crippen molar-refractivity contribution in [3.05, 3.63) is 35.4 Å². The molecule has 0 bridgehead atoms. The van der Waals surface area contributed by atoms with Gasteiger partial charge in [0, 0.05) is 25.6 Å². The summed E-state index contributed by atoms with van der Waals surface area (Å²) in [6, 6.07) is 8.67. The quantitative estimate of drug-likeness (QED) is 0.896. The van der Waals surface area contributed by atoms with Crippen LogP contribution in [-0.4, -0.2) is 41.8 Å². The van der Waals surface area contributed by atoms with Crippen molar-refractivity contribution in [3.63, 3.8) is 0 Å². The summed E-state index contributed by atoms with van der Waals surface area (Å²) in [5.41, 5.74) is 2.94. The lowest BCUT2D eigenvalue weighted by Gasteiger charge is -2.19. The molecule has 1 heterocycles. The Labute approximate surface area is 132 Å². The van der Waals surface area contributed by atoms with Crippen molar-refractivity contribution in [2.75, 3.05) is 19.6 Å². The minimum Gasteiger partial charge on any atom is -0.393 e. The molecule has 0 radical (unpaired) electrons. The predicted molar refractivity (Wildman–Crippen MR) is 86.7 cm³/mol. The number of likely N-dealkylation sites (tertiary alicyclic amines) is 1. The fraction of sp³-hybridized carbons (Fsp3) is 0.611. The molecule has 1 aromatic carbocycles. The van der Waals surface area contributed by atoms with Crippen molar-refractivity contribution in [1.29, 1.82) is 0 Å². The van der Waals surface area contributed by atoms with Gasteiger partial charge in [0.05, 0.1) is 6.10 Å². The van der Waals surface area contributed by atoms with Crippen molar-refractivity contribution in [2.45, 2.75) is 38.7 Å². The Balaban J connectivity index is 1.38. The van der Waals surface area contributed by atoms with Crippen LogP contribution in [0.1, 0.15) is 30.9 Å². The molecule has 1 aromatic rings. The van der Waals surface area contributed by atoms with Crippen LogP contribution >= 0.6 is 0 Å². The van der Waals surface area contributed by atoms with Crippen LogP contribution in [0.2, 0.25) is 0 Å². The molecule has 0 aromatic heterocycles. The number of nitrogens with zero attached hydrogens (tertiary/aromatic N) is 1. The Morgan fingerprint density at radius 2 is 2.05 bits per heavy atom. The summed E-state index contributed by atoms with van der Waals surface area (Å²) in [5.74, 6) is 0.886. The van der Waals surface area contributed by atoms with E-state index in [4.69, 9.17) is 0 Å². The van der Waals surface area contributed by atoms with Gasteiger partial charge in [0.25, 0.3) is 0 Å². The van der Waals surface area contributed by atoms with Gasteiger partial charge >= 0.3 is 6.03 Å². The summed E-state index contributed by atoms with van der Waals surface area (Å²) >= 11 is 0. The zero-order chi connectivity index (χ0) is 15.5. The molecular formula is C18H26N2O2. The highest BCUT2D eigenvalue weighted by Gasteiger charge is 2.29. The molecule has 1 aliphatic carbocycles. The third-order valence-electron chi connectivity index (χ3n) is 5.16. The van der Waals surface area contributed by atoms with E-state index in [0.717, 1.165) is 38.8 Å². The maximum atomic E-state index is 12.1. The predicted octanol–water partition coefficient (Wildman–Crippen LogP) is 2.20. The average Bonchev–Trinajstić information content (AvgIpc) is 3.13. The van der Waals surface area contributed by atoms with E-state index in [0.29, 0.717) is 12.5 Å². The molecule has 120 valence electrons. The van der Waals surface area contributed by atoms with E-state index in [-0.39, 0.29) is 18.1 Å². The molecule has 4 nitrogen and oxygen atoms in total. The van der Waals surface area contributed by atoms with E-state index >= 15 is 0 Å². The molecular weight excluding hydrogens is 276 g/mol. The Kier molecular flexibility index (Phi) is 4.67. The van der Waals surface area contributed by atoms with Gasteiger partial charge in [0.2, 0.25) is 0 Å². The van der Waals surface area contributed by atoms with Gasteiger partial charge in [-0.2, -0.15) is 0 Å². The van der Waals surface area contributed by atoms with E-state index < -0.39 is 0 Å². The number of aliphatic hydroxyl groups excluding tert-OH is 1. The molecule has 22 heavy (non-hydrogen) atoms. The molecule has 0 saturated carbocycles. The minimum absolute atomic E-state index is 0.0265. The van der Waals surface area contributed by atoms with E-state index in [1.54, 1.807) is 0 Å². The smallest absolute Gasteiger partial charge is 0.317 e. The fourth-order valence-corrected chi connectivity index (χ4v) is 3.71. The van der Waals surface area contributed by atoms with Crippen LogP contribution < -0.4 is 5.32 Å². The van der Waals surface area contributed by atoms with Gasteiger partial charge in [-0.15, -0.1) is 0 Å². The van der Waals surface area contributed by atoms with Gasteiger partial charge in [0.1, 0.15) is 0 Å². The molecule has 1 aliphatic heterocycles. The van der Waals surface area contributed by atoms with Crippen molar-refractivity contribution >= 4 is 6.03 Å². The van der Waals surface area contributed by atoms with E-state index in [9.17, 15) is 9.90 Å². The fourth-order valence-electron chi connectivity index (χ4n) is 3.71. The standard InChI is InChI=1S/C18H26N2O2/c1-13(21)17-7-9-20(12-17)18(22)19-8-6-14-10-15-4-2-3-5-16(15)11-14/h2-5,13-14,17,21H,6-12H2,1H3,(H,19,22)/t13-,17+/m1/s1. The molecule has 1 fully saturated rings. The van der Waals surface area contributed by atoms with E-state index in [1.807, 2.05) is 11.8 Å². The summed E-state index contributed by atoms with van der Waals surface area (Å²) in [6.07, 6.45) is 3.89. The molecule has 2 N–H and O–H groups in total. The van der Waals surface area contributed by atoms with Crippen LogP contribution in [0.15, 0.2) is 24.3 Å². The van der Waals surface area contributed by atoms with Gasteiger partial charge in [-0.3, -0.25) is 0 Å². The second-order valence-electron chi connectivity index (χ2n) is 6.80. The summed E-state index contributed by atoms with van der Waals surface area (Å²) in [4.78, 5) is 14.0. The highest BCUT2D eigenvalue weighted by atomic mass is 16.3. The van der Waals surface area contributed by atoms with Crippen molar-refractivity contribution in [1.82, 2.24) is 10.2 Å². The SMILES string of the molecule is C[C@@H](O)[C@H]1CCN(C(=O)NCCC2Cc3ccccc3C2)C1. The molecule has 2 atom stereocenters. The zero-order valence-electron chi connectivity index (χ0n) is 13.3. The largest absolute Gasteiger partial charge is 0.393 e. The third kappa shape index (κ3) is 3.43. The lowest BCUT2D eigenvalue weighted by atomic mass is 10.0. The molecule has 2 amide bonds. The number of amides is 2. The Bertz CT molecular complexity index is 505. The molecule has 2 aliphatic rings. The molecule has 3 rings (SSSR count). The molecule has 0 unspecified atom stereocenters. The number of urea groups is 1. The van der Waals surface area contributed by atoms with Crippen LogP contribution in [0.5, 0.6) is 0 Å². The Morgan fingerprint density at radius 3 is 2.64 bits per heavy atom. The highest BCUT2D eigenvalue weighted by Crippen LogP contribution is 2.28. The van der Waals surface area contributed by atoms with E-state index in [2.05, 4.69) is 29.6 Å². The number of fused-ring (bicyclic) bond motifs is 1. The van der Waals surface area contributed by atoms with Crippen molar-refractivity contribution in [3.8, 4) is 0 Å². The normalized spacial score (nSPS) is 22.6.